The lowest BCUT2D eigenvalue weighted by Crippen LogP contribution is -1.99. The van der Waals surface area contributed by atoms with Gasteiger partial charge in [0.25, 0.3) is 0 Å². The van der Waals surface area contributed by atoms with Gasteiger partial charge in [0, 0.05) is 11.1 Å². The molecular weight excluding hydrogens is 244 g/mol. The Morgan fingerprint density at radius 3 is 1.35 bits per heavy atom. The molecule has 0 fully saturated rings. The molecule has 0 unspecified atom stereocenters. The fourth-order valence-electron chi connectivity index (χ4n) is 1.85. The summed E-state index contributed by atoms with van der Waals surface area (Å²) in [5.41, 5.74) is 1.47. The molecule has 0 amide bonds. The molecule has 1 heteroatoms. The Morgan fingerprint density at radius 2 is 1.05 bits per heavy atom. The van der Waals surface area contributed by atoms with Crippen molar-refractivity contribution in [1.29, 1.82) is 0 Å². The molecule has 2 aromatic carbocycles. The van der Waals surface area contributed by atoms with Crippen molar-refractivity contribution in [2.75, 3.05) is 0 Å². The molecule has 0 bridgehead atoms. The van der Waals surface area contributed by atoms with E-state index in [0.29, 0.717) is 0 Å². The van der Waals surface area contributed by atoms with E-state index in [4.69, 9.17) is 0 Å². The molecule has 0 aromatic heterocycles. The van der Waals surface area contributed by atoms with Crippen LogP contribution in [0.5, 0.6) is 0 Å². The minimum atomic E-state index is 0.0752. The fraction of sp³-hybridized carbons (Fsp3) is 0.316. The van der Waals surface area contributed by atoms with Crippen LogP contribution in [-0.2, 0) is 0 Å². The Bertz CT molecular complexity index is 428. The van der Waals surface area contributed by atoms with Crippen molar-refractivity contribution < 1.29 is 4.79 Å². The van der Waals surface area contributed by atoms with Gasteiger partial charge in [-0.3, -0.25) is 4.79 Å². The van der Waals surface area contributed by atoms with Crippen LogP contribution < -0.4 is 0 Å². The van der Waals surface area contributed by atoms with Gasteiger partial charge in [0.2, 0.25) is 0 Å². The number of ketones is 1. The van der Waals surface area contributed by atoms with Crippen molar-refractivity contribution in [2.24, 2.45) is 0 Å². The number of benzene rings is 2. The summed E-state index contributed by atoms with van der Waals surface area (Å²) in [5, 5.41) is 0. The molecule has 2 rings (SSSR count). The SMILES string of the molecule is CCCCCC.O=C(c1ccccc1)c1ccccc1. The van der Waals surface area contributed by atoms with Crippen LogP contribution in [0.2, 0.25) is 0 Å². The monoisotopic (exact) mass is 268 g/mol. The normalized spacial score (nSPS) is 9.50. The topological polar surface area (TPSA) is 17.1 Å². The van der Waals surface area contributed by atoms with Gasteiger partial charge in [-0.2, -0.15) is 0 Å². The summed E-state index contributed by atoms with van der Waals surface area (Å²) in [4.78, 5) is 11.8. The third kappa shape index (κ3) is 5.83. The molecule has 0 aliphatic carbocycles. The predicted octanol–water partition coefficient (Wildman–Crippen LogP) is 5.50. The lowest BCUT2D eigenvalue weighted by Gasteiger charge is -1.99. The second-order valence-corrected chi connectivity index (χ2v) is 4.77. The molecule has 1 nitrogen and oxygen atoms in total. The molecule has 0 aliphatic rings. The van der Waals surface area contributed by atoms with Crippen LogP contribution in [0.3, 0.4) is 0 Å². The summed E-state index contributed by atoms with van der Waals surface area (Å²) in [5.74, 6) is 0.0752. The highest BCUT2D eigenvalue weighted by Gasteiger charge is 2.06. The van der Waals surface area contributed by atoms with E-state index in [1.807, 2.05) is 60.7 Å². The number of carbonyl (C=O) groups is 1. The van der Waals surface area contributed by atoms with Crippen LogP contribution >= 0.6 is 0 Å². The van der Waals surface area contributed by atoms with Gasteiger partial charge in [-0.05, 0) is 0 Å². The molecule has 0 radical (unpaired) electrons. The Kier molecular flexibility index (Phi) is 8.05. The van der Waals surface area contributed by atoms with Gasteiger partial charge in [-0.15, -0.1) is 0 Å². The number of unbranched alkanes of at least 4 members (excludes halogenated alkanes) is 3. The zero-order valence-electron chi connectivity index (χ0n) is 12.5. The molecule has 0 aliphatic heterocycles. The highest BCUT2D eigenvalue weighted by Crippen LogP contribution is 2.08. The Morgan fingerprint density at radius 1 is 0.700 bits per heavy atom. The zero-order valence-corrected chi connectivity index (χ0v) is 12.5. The van der Waals surface area contributed by atoms with Crippen molar-refractivity contribution in [2.45, 2.75) is 39.5 Å². The number of carbonyl (C=O) groups excluding carboxylic acids is 1. The first-order chi connectivity index (χ1) is 9.79. The van der Waals surface area contributed by atoms with E-state index in [0.717, 1.165) is 11.1 Å². The van der Waals surface area contributed by atoms with Gasteiger partial charge < -0.3 is 0 Å². The third-order valence-corrected chi connectivity index (χ3v) is 3.03. The molecular formula is C19H24O. The van der Waals surface area contributed by atoms with Gasteiger partial charge in [0.05, 0.1) is 0 Å². The first-order valence-corrected chi connectivity index (χ1v) is 7.44. The van der Waals surface area contributed by atoms with Crippen LogP contribution in [0.1, 0.15) is 55.5 Å². The minimum absolute atomic E-state index is 0.0752. The molecule has 20 heavy (non-hydrogen) atoms. The Balaban J connectivity index is 0.000000286. The van der Waals surface area contributed by atoms with E-state index >= 15 is 0 Å². The maximum Gasteiger partial charge on any atom is 0.193 e. The Hall–Kier alpha value is -1.89. The molecule has 2 aromatic rings. The highest BCUT2D eigenvalue weighted by molar-refractivity contribution is 6.08. The van der Waals surface area contributed by atoms with E-state index in [1.165, 1.54) is 25.7 Å². The summed E-state index contributed by atoms with van der Waals surface area (Å²) >= 11 is 0. The summed E-state index contributed by atoms with van der Waals surface area (Å²) in [6, 6.07) is 18.6. The predicted molar refractivity (Wildman–Crippen MR) is 86.1 cm³/mol. The first kappa shape index (κ1) is 16.2. The summed E-state index contributed by atoms with van der Waals surface area (Å²) < 4.78 is 0. The molecule has 106 valence electrons. The molecule has 0 saturated heterocycles. The van der Waals surface area contributed by atoms with Crippen molar-refractivity contribution >= 4 is 5.78 Å². The van der Waals surface area contributed by atoms with Crippen molar-refractivity contribution in [3.05, 3.63) is 71.8 Å². The fourth-order valence-corrected chi connectivity index (χ4v) is 1.85. The quantitative estimate of drug-likeness (QED) is 0.516. The van der Waals surface area contributed by atoms with E-state index in [-0.39, 0.29) is 5.78 Å². The largest absolute Gasteiger partial charge is 0.289 e. The molecule has 0 atom stereocenters. The second kappa shape index (κ2) is 9.96. The summed E-state index contributed by atoms with van der Waals surface area (Å²) in [7, 11) is 0. The second-order valence-electron chi connectivity index (χ2n) is 4.77. The Labute approximate surface area is 122 Å². The van der Waals surface area contributed by atoms with Crippen LogP contribution in [0.4, 0.5) is 0 Å². The first-order valence-electron chi connectivity index (χ1n) is 7.44. The van der Waals surface area contributed by atoms with Gasteiger partial charge >= 0.3 is 0 Å². The van der Waals surface area contributed by atoms with Crippen molar-refractivity contribution in [3.63, 3.8) is 0 Å². The lowest BCUT2D eigenvalue weighted by molar-refractivity contribution is 0.103. The number of rotatable bonds is 5. The summed E-state index contributed by atoms with van der Waals surface area (Å²) in [6.07, 6.45) is 5.54. The molecule has 0 spiro atoms. The third-order valence-electron chi connectivity index (χ3n) is 3.03. The van der Waals surface area contributed by atoms with Crippen LogP contribution in [0.15, 0.2) is 60.7 Å². The van der Waals surface area contributed by atoms with Crippen LogP contribution in [-0.4, -0.2) is 5.78 Å². The van der Waals surface area contributed by atoms with Gasteiger partial charge in [-0.1, -0.05) is 100 Å². The van der Waals surface area contributed by atoms with Gasteiger partial charge in [0.15, 0.2) is 5.78 Å². The van der Waals surface area contributed by atoms with Crippen LogP contribution in [0.25, 0.3) is 0 Å². The van der Waals surface area contributed by atoms with Crippen molar-refractivity contribution in [3.8, 4) is 0 Å². The highest BCUT2D eigenvalue weighted by atomic mass is 16.1. The maximum absolute atomic E-state index is 11.8. The van der Waals surface area contributed by atoms with E-state index in [2.05, 4.69) is 13.8 Å². The smallest absolute Gasteiger partial charge is 0.193 e. The number of hydrogen-bond acceptors (Lipinski definition) is 1. The van der Waals surface area contributed by atoms with Crippen molar-refractivity contribution in [1.82, 2.24) is 0 Å². The maximum atomic E-state index is 11.8. The van der Waals surface area contributed by atoms with E-state index < -0.39 is 0 Å². The van der Waals surface area contributed by atoms with Gasteiger partial charge in [0.1, 0.15) is 0 Å². The van der Waals surface area contributed by atoms with E-state index in [9.17, 15) is 4.79 Å². The average Bonchev–Trinajstić information content (AvgIpc) is 2.54. The van der Waals surface area contributed by atoms with Gasteiger partial charge in [-0.25, -0.2) is 0 Å². The number of hydrogen-bond donors (Lipinski definition) is 0. The zero-order chi connectivity index (χ0) is 14.6. The minimum Gasteiger partial charge on any atom is -0.289 e. The molecule has 0 heterocycles. The standard InChI is InChI=1S/C13H10O.C6H14/c14-13(11-7-3-1-4-8-11)12-9-5-2-6-10-12;1-3-5-6-4-2/h1-10H;3-6H2,1-2H3. The summed E-state index contributed by atoms with van der Waals surface area (Å²) in [6.45, 7) is 4.46. The molecule has 0 N–H and O–H groups in total. The average molecular weight is 268 g/mol. The van der Waals surface area contributed by atoms with E-state index in [1.54, 1.807) is 0 Å². The molecule has 0 saturated carbocycles. The lowest BCUT2D eigenvalue weighted by atomic mass is 10.0. The van der Waals surface area contributed by atoms with Crippen LogP contribution in [0, 0.1) is 0 Å².